The van der Waals surface area contributed by atoms with Gasteiger partial charge in [0.25, 0.3) is 0 Å². The monoisotopic (exact) mass is 277 g/mol. The van der Waals surface area contributed by atoms with Crippen LogP contribution in [0.4, 0.5) is 5.69 Å². The second kappa shape index (κ2) is 5.46. The Morgan fingerprint density at radius 3 is 2.65 bits per heavy atom. The molecule has 0 spiro atoms. The topological polar surface area (TPSA) is 67.2 Å². The molecule has 20 heavy (non-hydrogen) atoms. The first kappa shape index (κ1) is 13.5. The van der Waals surface area contributed by atoms with Gasteiger partial charge in [-0.25, -0.2) is 0 Å². The number of hydrogen-bond acceptors (Lipinski definition) is 3. The highest BCUT2D eigenvalue weighted by Crippen LogP contribution is 2.39. The van der Waals surface area contributed by atoms with Gasteiger partial charge in [0, 0.05) is 12.2 Å². The number of carboxylic acid groups (broad SMARTS) is 1. The number of aromatic nitrogens is 2. The van der Waals surface area contributed by atoms with Crippen molar-refractivity contribution in [1.82, 2.24) is 9.78 Å². The molecule has 2 aliphatic rings. The van der Waals surface area contributed by atoms with E-state index in [0.717, 1.165) is 37.3 Å². The number of nitrogens with zero attached hydrogens (tertiary/aromatic N) is 2. The third-order valence-electron chi connectivity index (χ3n) is 4.77. The van der Waals surface area contributed by atoms with Crippen LogP contribution in [0.5, 0.6) is 0 Å². The maximum absolute atomic E-state index is 10.9. The highest BCUT2D eigenvalue weighted by Gasteiger charge is 2.30. The number of carbonyl (C=O) groups is 1. The third kappa shape index (κ3) is 2.97. The van der Waals surface area contributed by atoms with Crippen molar-refractivity contribution in [2.45, 2.75) is 57.5 Å². The number of aliphatic carboxylic acids is 1. The van der Waals surface area contributed by atoms with Crippen LogP contribution in [0.3, 0.4) is 0 Å². The zero-order valence-electron chi connectivity index (χ0n) is 12.0. The molecule has 1 atom stereocenters. The molecular weight excluding hydrogens is 254 g/mol. The molecule has 110 valence electrons. The van der Waals surface area contributed by atoms with E-state index in [1.807, 2.05) is 6.20 Å². The van der Waals surface area contributed by atoms with Crippen LogP contribution in [0.2, 0.25) is 0 Å². The van der Waals surface area contributed by atoms with Crippen molar-refractivity contribution in [2.24, 2.45) is 11.8 Å². The van der Waals surface area contributed by atoms with E-state index in [1.165, 1.54) is 12.8 Å². The van der Waals surface area contributed by atoms with Gasteiger partial charge in [0.1, 0.15) is 0 Å². The minimum absolute atomic E-state index is 0.148. The van der Waals surface area contributed by atoms with E-state index in [2.05, 4.69) is 28.2 Å². The summed E-state index contributed by atoms with van der Waals surface area (Å²) in [6.45, 7) is 2.23. The van der Waals surface area contributed by atoms with Crippen molar-refractivity contribution < 1.29 is 9.90 Å². The average Bonchev–Trinajstić information content (AvgIpc) is 3.19. The molecule has 0 aliphatic heterocycles. The standard InChI is InChI=1S/C15H23N3O2/c1-10(11-2-3-11)18-9-14(8-16-18)17-13-6-4-12(5-7-13)15(19)20/h8-13,17H,2-7H2,1H3,(H,19,20). The molecule has 5 nitrogen and oxygen atoms in total. The molecule has 2 fully saturated rings. The number of rotatable bonds is 5. The second-order valence-electron chi connectivity index (χ2n) is 6.32. The summed E-state index contributed by atoms with van der Waals surface area (Å²) in [5.74, 6) is 0.00828. The van der Waals surface area contributed by atoms with E-state index < -0.39 is 5.97 Å². The third-order valence-corrected chi connectivity index (χ3v) is 4.77. The van der Waals surface area contributed by atoms with E-state index in [1.54, 1.807) is 0 Å². The zero-order valence-corrected chi connectivity index (χ0v) is 12.0. The van der Waals surface area contributed by atoms with Crippen LogP contribution in [0.15, 0.2) is 12.4 Å². The van der Waals surface area contributed by atoms with E-state index >= 15 is 0 Å². The Morgan fingerprint density at radius 2 is 2.05 bits per heavy atom. The van der Waals surface area contributed by atoms with Gasteiger partial charge < -0.3 is 10.4 Å². The number of carboxylic acids is 1. The Morgan fingerprint density at radius 1 is 1.35 bits per heavy atom. The fourth-order valence-electron chi connectivity index (χ4n) is 3.15. The van der Waals surface area contributed by atoms with Crippen LogP contribution < -0.4 is 5.32 Å². The zero-order chi connectivity index (χ0) is 14.1. The maximum Gasteiger partial charge on any atom is 0.306 e. The van der Waals surface area contributed by atoms with Crippen molar-refractivity contribution in [3.8, 4) is 0 Å². The maximum atomic E-state index is 10.9. The highest BCUT2D eigenvalue weighted by atomic mass is 16.4. The molecule has 1 heterocycles. The van der Waals surface area contributed by atoms with E-state index in [4.69, 9.17) is 5.11 Å². The number of anilines is 1. The largest absolute Gasteiger partial charge is 0.481 e. The van der Waals surface area contributed by atoms with Gasteiger partial charge in [-0.1, -0.05) is 0 Å². The molecule has 2 aliphatic carbocycles. The smallest absolute Gasteiger partial charge is 0.306 e. The lowest BCUT2D eigenvalue weighted by molar-refractivity contribution is -0.142. The molecule has 2 saturated carbocycles. The Kier molecular flexibility index (Phi) is 3.68. The molecule has 1 unspecified atom stereocenters. The SMILES string of the molecule is CC(C1CC1)n1cc(NC2CCC(C(=O)O)CC2)cn1. The molecule has 1 aromatic rings. The van der Waals surface area contributed by atoms with Crippen LogP contribution in [0.1, 0.15) is 51.5 Å². The van der Waals surface area contributed by atoms with Crippen molar-refractivity contribution in [2.75, 3.05) is 5.32 Å². The molecule has 1 aromatic heterocycles. The normalized spacial score (nSPS) is 28.1. The molecule has 2 N–H and O–H groups in total. The van der Waals surface area contributed by atoms with Gasteiger partial charge in [0.2, 0.25) is 0 Å². The van der Waals surface area contributed by atoms with Gasteiger partial charge in [-0.3, -0.25) is 9.48 Å². The molecule has 0 saturated heterocycles. The molecule has 0 amide bonds. The van der Waals surface area contributed by atoms with Crippen LogP contribution in [-0.2, 0) is 4.79 Å². The van der Waals surface area contributed by atoms with E-state index in [9.17, 15) is 4.79 Å². The van der Waals surface area contributed by atoms with E-state index in [0.29, 0.717) is 12.1 Å². The van der Waals surface area contributed by atoms with Crippen LogP contribution in [0, 0.1) is 11.8 Å². The first-order chi connectivity index (χ1) is 9.63. The highest BCUT2D eigenvalue weighted by molar-refractivity contribution is 5.70. The van der Waals surface area contributed by atoms with Crippen molar-refractivity contribution >= 4 is 11.7 Å². The lowest BCUT2D eigenvalue weighted by Crippen LogP contribution is -2.29. The quantitative estimate of drug-likeness (QED) is 0.868. The summed E-state index contributed by atoms with van der Waals surface area (Å²) in [5, 5.41) is 16.9. The summed E-state index contributed by atoms with van der Waals surface area (Å²) in [6.07, 6.45) is 10.0. The van der Waals surface area contributed by atoms with E-state index in [-0.39, 0.29) is 5.92 Å². The van der Waals surface area contributed by atoms with Gasteiger partial charge in [0.15, 0.2) is 0 Å². The van der Waals surface area contributed by atoms with Crippen LogP contribution in [-0.4, -0.2) is 26.9 Å². The number of hydrogen-bond donors (Lipinski definition) is 2. The van der Waals surface area contributed by atoms with Gasteiger partial charge in [0.05, 0.1) is 23.8 Å². The summed E-state index contributed by atoms with van der Waals surface area (Å²) < 4.78 is 2.06. The minimum Gasteiger partial charge on any atom is -0.481 e. The summed E-state index contributed by atoms with van der Waals surface area (Å²) in [4.78, 5) is 10.9. The fraction of sp³-hybridized carbons (Fsp3) is 0.733. The summed E-state index contributed by atoms with van der Waals surface area (Å²) in [6, 6.07) is 0.882. The second-order valence-corrected chi connectivity index (χ2v) is 6.32. The molecule has 3 rings (SSSR count). The van der Waals surface area contributed by atoms with Crippen LogP contribution in [0.25, 0.3) is 0 Å². The van der Waals surface area contributed by atoms with Gasteiger partial charge in [-0.05, 0) is 51.4 Å². The summed E-state index contributed by atoms with van der Waals surface area (Å²) >= 11 is 0. The predicted molar refractivity (Wildman–Crippen MR) is 76.7 cm³/mol. The van der Waals surface area contributed by atoms with Crippen molar-refractivity contribution in [3.05, 3.63) is 12.4 Å². The number of nitrogens with one attached hydrogen (secondary N) is 1. The Labute approximate surface area is 119 Å². The lowest BCUT2D eigenvalue weighted by atomic mass is 9.86. The van der Waals surface area contributed by atoms with Crippen molar-refractivity contribution in [1.29, 1.82) is 0 Å². The first-order valence-corrected chi connectivity index (χ1v) is 7.67. The summed E-state index contributed by atoms with van der Waals surface area (Å²) in [7, 11) is 0. The minimum atomic E-state index is -0.644. The molecular formula is C15H23N3O2. The Hall–Kier alpha value is -1.52. The first-order valence-electron chi connectivity index (χ1n) is 7.67. The average molecular weight is 277 g/mol. The fourth-order valence-corrected chi connectivity index (χ4v) is 3.15. The molecule has 0 aromatic carbocycles. The van der Waals surface area contributed by atoms with Crippen molar-refractivity contribution in [3.63, 3.8) is 0 Å². The molecule has 5 heteroatoms. The lowest BCUT2D eigenvalue weighted by Gasteiger charge is -2.27. The molecule has 0 radical (unpaired) electrons. The van der Waals surface area contributed by atoms with Gasteiger partial charge in [-0.15, -0.1) is 0 Å². The molecule has 0 bridgehead atoms. The van der Waals surface area contributed by atoms with Gasteiger partial charge in [-0.2, -0.15) is 5.10 Å². The Bertz CT molecular complexity index is 473. The summed E-state index contributed by atoms with van der Waals surface area (Å²) in [5.41, 5.74) is 1.07. The Balaban J connectivity index is 1.52. The van der Waals surface area contributed by atoms with Gasteiger partial charge >= 0.3 is 5.97 Å². The van der Waals surface area contributed by atoms with Crippen LogP contribution >= 0.6 is 0 Å². The predicted octanol–water partition coefficient (Wildman–Crippen LogP) is 2.91.